The number of aromatic nitrogens is 4. The minimum absolute atomic E-state index is 0.108. The van der Waals surface area contributed by atoms with Crippen LogP contribution in [-0.4, -0.2) is 29.0 Å². The summed E-state index contributed by atoms with van der Waals surface area (Å²) in [6, 6.07) is 6.73. The molecule has 2 atom stereocenters. The van der Waals surface area contributed by atoms with Gasteiger partial charge in [-0.1, -0.05) is 36.7 Å². The average Bonchev–Trinajstić information content (AvgIpc) is 3.23. The van der Waals surface area contributed by atoms with Crippen molar-refractivity contribution in [2.24, 2.45) is 0 Å². The summed E-state index contributed by atoms with van der Waals surface area (Å²) in [7, 11) is -3.99. The Labute approximate surface area is 180 Å². The maximum absolute atomic E-state index is 14.7. The van der Waals surface area contributed by atoms with E-state index in [1.807, 2.05) is 13.8 Å². The summed E-state index contributed by atoms with van der Waals surface area (Å²) in [5, 5.41) is 14.3. The minimum atomic E-state index is -3.99. The molecule has 1 heterocycles. The lowest BCUT2D eigenvalue weighted by molar-refractivity contribution is 0.478. The van der Waals surface area contributed by atoms with Crippen molar-refractivity contribution < 1.29 is 12.8 Å². The molecule has 1 aromatic heterocycles. The number of nitrogens with one attached hydrogen (secondary N) is 2. The zero-order valence-electron chi connectivity index (χ0n) is 17.1. The number of sulfonamides is 1. The first kappa shape index (κ1) is 22.3. The molecule has 0 spiro atoms. The van der Waals surface area contributed by atoms with Gasteiger partial charge in [-0.05, 0) is 66.8 Å². The van der Waals surface area contributed by atoms with Crippen LogP contribution in [0.25, 0.3) is 0 Å². The SMILES string of the molecule is CCc1cc(Cl)ccc1S(=O)(=O)NC(c1nn[nH]n1)C(C)c1c(F)ccc(C)c1C. The first-order valence-corrected chi connectivity index (χ1v) is 11.3. The molecule has 30 heavy (non-hydrogen) atoms. The summed E-state index contributed by atoms with van der Waals surface area (Å²) >= 11 is 6.02. The van der Waals surface area contributed by atoms with Crippen molar-refractivity contribution in [3.8, 4) is 0 Å². The van der Waals surface area contributed by atoms with E-state index in [1.165, 1.54) is 18.2 Å². The second kappa shape index (κ2) is 8.79. The lowest BCUT2D eigenvalue weighted by Gasteiger charge is -2.25. The fourth-order valence-corrected chi connectivity index (χ4v) is 5.29. The van der Waals surface area contributed by atoms with Gasteiger partial charge in [0.15, 0.2) is 5.82 Å². The first-order valence-electron chi connectivity index (χ1n) is 9.45. The van der Waals surface area contributed by atoms with Gasteiger partial charge >= 0.3 is 0 Å². The van der Waals surface area contributed by atoms with Gasteiger partial charge in [0.2, 0.25) is 10.0 Å². The zero-order valence-corrected chi connectivity index (χ0v) is 18.6. The fourth-order valence-electron chi connectivity index (χ4n) is 3.53. The monoisotopic (exact) mass is 451 g/mol. The number of benzene rings is 2. The van der Waals surface area contributed by atoms with Crippen LogP contribution in [0.3, 0.4) is 0 Å². The quantitative estimate of drug-likeness (QED) is 0.565. The molecule has 0 fully saturated rings. The van der Waals surface area contributed by atoms with Crippen LogP contribution in [0.4, 0.5) is 4.39 Å². The third-order valence-electron chi connectivity index (χ3n) is 5.30. The van der Waals surface area contributed by atoms with Crippen molar-refractivity contribution in [3.63, 3.8) is 0 Å². The van der Waals surface area contributed by atoms with Crippen LogP contribution in [0.15, 0.2) is 35.2 Å². The third-order valence-corrected chi connectivity index (χ3v) is 7.08. The van der Waals surface area contributed by atoms with E-state index in [4.69, 9.17) is 11.6 Å². The second-order valence-electron chi connectivity index (χ2n) is 7.17. The Hall–Kier alpha value is -2.36. The molecule has 0 saturated heterocycles. The number of hydrogen-bond donors (Lipinski definition) is 2. The number of tetrazole rings is 1. The molecule has 2 N–H and O–H groups in total. The molecular formula is C20H23ClFN5O2S. The fraction of sp³-hybridized carbons (Fsp3) is 0.350. The summed E-state index contributed by atoms with van der Waals surface area (Å²) in [5.74, 6) is -0.896. The van der Waals surface area contributed by atoms with Gasteiger partial charge in [-0.15, -0.1) is 10.2 Å². The molecule has 3 aromatic rings. The van der Waals surface area contributed by atoms with E-state index in [0.717, 1.165) is 11.1 Å². The van der Waals surface area contributed by atoms with Gasteiger partial charge in [0.05, 0.1) is 10.9 Å². The molecule has 10 heteroatoms. The van der Waals surface area contributed by atoms with Crippen LogP contribution in [0.1, 0.15) is 53.9 Å². The number of H-pyrrole nitrogens is 1. The number of hydrogen-bond acceptors (Lipinski definition) is 5. The molecule has 160 valence electrons. The summed E-state index contributed by atoms with van der Waals surface area (Å²) in [4.78, 5) is 0.108. The summed E-state index contributed by atoms with van der Waals surface area (Å²) in [5.41, 5.74) is 2.63. The van der Waals surface area contributed by atoms with Gasteiger partial charge in [-0.2, -0.15) is 9.94 Å². The Kier molecular flexibility index (Phi) is 6.54. The molecule has 2 aromatic carbocycles. The number of aryl methyl sites for hydroxylation is 2. The van der Waals surface area contributed by atoms with Crippen molar-refractivity contribution in [1.82, 2.24) is 25.3 Å². The van der Waals surface area contributed by atoms with Gasteiger partial charge < -0.3 is 0 Å². The smallest absolute Gasteiger partial charge is 0.207 e. The lowest BCUT2D eigenvalue weighted by Crippen LogP contribution is -2.34. The van der Waals surface area contributed by atoms with Crippen LogP contribution in [-0.2, 0) is 16.4 Å². The zero-order chi connectivity index (χ0) is 22.1. The highest BCUT2D eigenvalue weighted by Crippen LogP contribution is 2.35. The van der Waals surface area contributed by atoms with Crippen molar-refractivity contribution in [1.29, 1.82) is 0 Å². The highest BCUT2D eigenvalue weighted by Gasteiger charge is 2.33. The molecular weight excluding hydrogens is 429 g/mol. The summed E-state index contributed by atoms with van der Waals surface area (Å²) < 4.78 is 43.9. The topological polar surface area (TPSA) is 101 Å². The largest absolute Gasteiger partial charge is 0.241 e. The van der Waals surface area contributed by atoms with Crippen LogP contribution >= 0.6 is 11.6 Å². The first-order chi connectivity index (χ1) is 14.2. The summed E-state index contributed by atoms with van der Waals surface area (Å²) in [6.07, 6.45) is 0.477. The Morgan fingerprint density at radius 1 is 1.23 bits per heavy atom. The van der Waals surface area contributed by atoms with Gasteiger partial charge in [0.25, 0.3) is 0 Å². The molecule has 0 aliphatic heterocycles. The van der Waals surface area contributed by atoms with Gasteiger partial charge in [-0.25, -0.2) is 12.8 Å². The van der Waals surface area contributed by atoms with E-state index in [1.54, 1.807) is 26.0 Å². The molecule has 0 aliphatic rings. The van der Waals surface area contributed by atoms with Crippen molar-refractivity contribution in [2.45, 2.75) is 51.0 Å². The Balaban J connectivity index is 2.08. The average molecular weight is 452 g/mol. The number of rotatable bonds is 7. The predicted octanol–water partition coefficient (Wildman–Crippen LogP) is 3.99. The highest BCUT2D eigenvalue weighted by molar-refractivity contribution is 7.89. The molecule has 3 rings (SSSR count). The van der Waals surface area contributed by atoms with Gasteiger partial charge in [-0.3, -0.25) is 0 Å². The van der Waals surface area contributed by atoms with E-state index >= 15 is 0 Å². The molecule has 0 amide bonds. The van der Waals surface area contributed by atoms with Crippen molar-refractivity contribution in [2.75, 3.05) is 0 Å². The van der Waals surface area contributed by atoms with Crippen molar-refractivity contribution >= 4 is 21.6 Å². The Bertz CT molecular complexity index is 1150. The van der Waals surface area contributed by atoms with E-state index in [0.29, 0.717) is 22.6 Å². The van der Waals surface area contributed by atoms with Crippen molar-refractivity contribution in [3.05, 3.63) is 69.2 Å². The predicted molar refractivity (Wildman–Crippen MR) is 112 cm³/mol. The lowest BCUT2D eigenvalue weighted by atomic mass is 9.88. The van der Waals surface area contributed by atoms with E-state index < -0.39 is 27.8 Å². The van der Waals surface area contributed by atoms with Crippen LogP contribution < -0.4 is 4.72 Å². The van der Waals surface area contributed by atoms with Gasteiger partial charge in [0, 0.05) is 10.9 Å². The molecule has 0 bridgehead atoms. The minimum Gasteiger partial charge on any atom is -0.207 e. The van der Waals surface area contributed by atoms with E-state index in [9.17, 15) is 12.8 Å². The normalized spacial score (nSPS) is 13.9. The van der Waals surface area contributed by atoms with Crippen LogP contribution in [0.2, 0.25) is 5.02 Å². The molecule has 0 radical (unpaired) electrons. The van der Waals surface area contributed by atoms with Gasteiger partial charge in [0.1, 0.15) is 5.82 Å². The number of halogens is 2. The maximum atomic E-state index is 14.7. The molecule has 0 saturated carbocycles. The number of aromatic amines is 1. The Morgan fingerprint density at radius 3 is 2.60 bits per heavy atom. The standard InChI is InChI=1S/C20H23ClFN5O2S/c1-5-14-10-15(21)7-9-17(14)30(28,29)25-19(20-23-26-27-24-20)13(4)18-12(3)11(2)6-8-16(18)22/h6-10,13,19,25H,5H2,1-4H3,(H,23,24,26,27). The Morgan fingerprint density at radius 2 is 1.97 bits per heavy atom. The van der Waals surface area contributed by atoms with E-state index in [-0.39, 0.29) is 10.7 Å². The van der Waals surface area contributed by atoms with Crippen LogP contribution in [0.5, 0.6) is 0 Å². The van der Waals surface area contributed by atoms with E-state index in [2.05, 4.69) is 25.3 Å². The van der Waals surface area contributed by atoms with Crippen LogP contribution in [0, 0.1) is 19.7 Å². The summed E-state index contributed by atoms with van der Waals surface area (Å²) in [6.45, 7) is 7.26. The second-order valence-corrected chi connectivity index (χ2v) is 9.29. The number of nitrogens with zero attached hydrogens (tertiary/aromatic N) is 3. The third kappa shape index (κ3) is 4.38. The molecule has 7 nitrogen and oxygen atoms in total. The highest BCUT2D eigenvalue weighted by atomic mass is 35.5. The molecule has 0 aliphatic carbocycles. The molecule has 2 unspecified atom stereocenters. The maximum Gasteiger partial charge on any atom is 0.241 e.